The standard InChI is InChI=1S/C30H30FN3O.C16H11ClFN.C14H20N2O/c1-20-28(22-8-4-6-10-25(22)31)32-26-11-7-5-9-23(26)29(20)34-19-30(2,3)24-13-12-21(18-27(24)34)33-14-16-35-17-15-33;1-10-15(17)12-7-3-5-9-14(12)19-16(10)11-6-2-4-8-13(11)18;1-14(2)10-15-13-9-11(3-4-12(13)14)16-5-7-17-8-6-16/h4-13,18H,14-17,19H2,1-3H3;2-9H,1H3;3-4,9,15H,5-8,10H2,1-2H3. The van der Waals surface area contributed by atoms with Gasteiger partial charge in [-0.3, -0.25) is 0 Å². The number of anilines is 5. The molecule has 0 amide bonds. The van der Waals surface area contributed by atoms with E-state index in [0.29, 0.717) is 27.5 Å². The normalized spacial score (nSPS) is 16.7. The van der Waals surface area contributed by atoms with Crippen LogP contribution >= 0.6 is 11.6 Å². The van der Waals surface area contributed by atoms with E-state index in [1.165, 1.54) is 46.0 Å². The number of aromatic nitrogens is 2. The zero-order chi connectivity index (χ0) is 49.4. The highest BCUT2D eigenvalue weighted by atomic mass is 35.5. The first-order valence-electron chi connectivity index (χ1n) is 24.7. The lowest BCUT2D eigenvalue weighted by atomic mass is 9.87. The lowest BCUT2D eigenvalue weighted by Crippen LogP contribution is -2.36. The van der Waals surface area contributed by atoms with E-state index in [2.05, 4.69) is 108 Å². The molecule has 1 N–H and O–H groups in total. The third-order valence-electron chi connectivity index (χ3n) is 14.4. The summed E-state index contributed by atoms with van der Waals surface area (Å²) in [5.74, 6) is -0.537. The number of benzene rings is 6. The number of nitrogens with zero attached hydrogens (tertiary/aromatic N) is 5. The smallest absolute Gasteiger partial charge is 0.132 e. The number of ether oxygens (including phenoxy) is 2. The molecule has 8 aromatic rings. The molecular weight excluding hydrogens is 910 g/mol. The number of halogens is 3. The largest absolute Gasteiger partial charge is 0.384 e. The third-order valence-corrected chi connectivity index (χ3v) is 14.9. The van der Waals surface area contributed by atoms with Gasteiger partial charge >= 0.3 is 0 Å². The van der Waals surface area contributed by atoms with Crippen molar-refractivity contribution in [2.24, 2.45) is 0 Å². The summed E-state index contributed by atoms with van der Waals surface area (Å²) in [6, 6.07) is 43.0. The van der Waals surface area contributed by atoms with E-state index in [0.717, 1.165) is 104 Å². The molecule has 2 aromatic heterocycles. The van der Waals surface area contributed by atoms with Gasteiger partial charge in [-0.2, -0.15) is 0 Å². The molecule has 11 heteroatoms. The summed E-state index contributed by atoms with van der Waals surface area (Å²) in [5.41, 5.74) is 15.0. The van der Waals surface area contributed by atoms with Crippen LogP contribution in [0.5, 0.6) is 0 Å². The maximum atomic E-state index is 14.9. The zero-order valence-corrected chi connectivity index (χ0v) is 42.2. The highest BCUT2D eigenvalue weighted by molar-refractivity contribution is 6.36. The van der Waals surface area contributed by atoms with Crippen LogP contribution in [-0.2, 0) is 20.3 Å². The van der Waals surface area contributed by atoms with Gasteiger partial charge in [-0.1, -0.05) is 112 Å². The van der Waals surface area contributed by atoms with Crippen LogP contribution in [0.25, 0.3) is 44.3 Å². The van der Waals surface area contributed by atoms with Crippen LogP contribution in [0, 0.1) is 25.5 Å². The number of hydrogen-bond acceptors (Lipinski definition) is 8. The Balaban J connectivity index is 0.000000136. The van der Waals surface area contributed by atoms with E-state index in [-0.39, 0.29) is 22.5 Å². The molecule has 364 valence electrons. The van der Waals surface area contributed by atoms with Gasteiger partial charge in [-0.05, 0) is 96.8 Å². The molecule has 4 aliphatic rings. The van der Waals surface area contributed by atoms with E-state index in [9.17, 15) is 8.78 Å². The number of hydrogen-bond donors (Lipinski definition) is 1. The highest BCUT2D eigenvalue weighted by Gasteiger charge is 2.38. The summed E-state index contributed by atoms with van der Waals surface area (Å²) in [6.45, 7) is 22.0. The molecule has 0 spiro atoms. The van der Waals surface area contributed by atoms with Crippen LogP contribution in [-0.4, -0.2) is 75.7 Å². The molecular formula is C60H61ClF2N6O2. The molecule has 0 aliphatic carbocycles. The van der Waals surface area contributed by atoms with Crippen molar-refractivity contribution in [2.75, 3.05) is 85.7 Å². The molecule has 12 rings (SSSR count). The lowest BCUT2D eigenvalue weighted by molar-refractivity contribution is 0.122. The van der Waals surface area contributed by atoms with Crippen molar-refractivity contribution in [3.05, 3.63) is 172 Å². The van der Waals surface area contributed by atoms with Crippen LogP contribution in [0.1, 0.15) is 49.9 Å². The monoisotopic (exact) mass is 970 g/mol. The molecule has 4 aliphatic heterocycles. The number of rotatable bonds is 5. The molecule has 2 fully saturated rings. The molecule has 0 saturated carbocycles. The Morgan fingerprint density at radius 3 is 1.65 bits per heavy atom. The van der Waals surface area contributed by atoms with E-state index in [1.807, 2.05) is 55.5 Å². The Labute approximate surface area is 421 Å². The van der Waals surface area contributed by atoms with Gasteiger partial charge in [0.25, 0.3) is 0 Å². The van der Waals surface area contributed by atoms with Gasteiger partial charge in [0, 0.05) is 94.7 Å². The number of nitrogens with one attached hydrogen (secondary N) is 1. The van der Waals surface area contributed by atoms with Gasteiger partial charge in [-0.25, -0.2) is 18.7 Å². The average molecular weight is 972 g/mol. The maximum absolute atomic E-state index is 14.9. The predicted octanol–water partition coefficient (Wildman–Crippen LogP) is 13.8. The van der Waals surface area contributed by atoms with Crippen molar-refractivity contribution in [1.29, 1.82) is 0 Å². The van der Waals surface area contributed by atoms with Crippen LogP contribution in [0.15, 0.2) is 133 Å². The van der Waals surface area contributed by atoms with Crippen LogP contribution in [0.2, 0.25) is 5.02 Å². The molecule has 0 unspecified atom stereocenters. The number of morpholine rings is 2. The van der Waals surface area contributed by atoms with Crippen LogP contribution < -0.4 is 20.0 Å². The molecule has 8 nitrogen and oxygen atoms in total. The first kappa shape index (κ1) is 48.1. The van der Waals surface area contributed by atoms with E-state index in [4.69, 9.17) is 26.1 Å². The zero-order valence-electron chi connectivity index (χ0n) is 41.5. The summed E-state index contributed by atoms with van der Waals surface area (Å²) in [7, 11) is 0. The lowest BCUT2D eigenvalue weighted by Gasteiger charge is -2.30. The fourth-order valence-electron chi connectivity index (χ4n) is 10.5. The summed E-state index contributed by atoms with van der Waals surface area (Å²) >= 11 is 6.37. The summed E-state index contributed by atoms with van der Waals surface area (Å²) < 4.78 is 39.8. The second-order valence-electron chi connectivity index (χ2n) is 20.2. The van der Waals surface area contributed by atoms with E-state index < -0.39 is 0 Å². The van der Waals surface area contributed by atoms with Crippen molar-refractivity contribution in [3.8, 4) is 22.5 Å². The Morgan fingerprint density at radius 2 is 1.06 bits per heavy atom. The van der Waals surface area contributed by atoms with Crippen molar-refractivity contribution < 1.29 is 18.3 Å². The van der Waals surface area contributed by atoms with Crippen molar-refractivity contribution in [3.63, 3.8) is 0 Å². The van der Waals surface area contributed by atoms with Gasteiger partial charge in [0.15, 0.2) is 0 Å². The molecule has 6 heterocycles. The van der Waals surface area contributed by atoms with E-state index >= 15 is 0 Å². The third kappa shape index (κ3) is 9.53. The first-order chi connectivity index (χ1) is 34.3. The number of pyridine rings is 2. The van der Waals surface area contributed by atoms with Gasteiger partial charge in [0.05, 0.1) is 59.6 Å². The Bertz CT molecular complexity index is 3260. The van der Waals surface area contributed by atoms with Gasteiger partial charge in [-0.15, -0.1) is 0 Å². The molecule has 0 bridgehead atoms. The number of fused-ring (bicyclic) bond motifs is 4. The Kier molecular flexibility index (Phi) is 13.5. The van der Waals surface area contributed by atoms with Gasteiger partial charge in [0.2, 0.25) is 0 Å². The first-order valence-corrected chi connectivity index (χ1v) is 25.1. The fourth-order valence-corrected chi connectivity index (χ4v) is 10.8. The fraction of sp³-hybridized carbons (Fsp3) is 0.300. The van der Waals surface area contributed by atoms with Crippen LogP contribution in [0.4, 0.5) is 37.2 Å². The quantitative estimate of drug-likeness (QED) is 0.183. The van der Waals surface area contributed by atoms with Crippen LogP contribution in [0.3, 0.4) is 0 Å². The minimum atomic E-state index is -0.288. The maximum Gasteiger partial charge on any atom is 0.132 e. The molecule has 71 heavy (non-hydrogen) atoms. The summed E-state index contributed by atoms with van der Waals surface area (Å²) in [4.78, 5) is 16.7. The van der Waals surface area contributed by atoms with E-state index in [1.54, 1.807) is 24.3 Å². The molecule has 2 saturated heterocycles. The second kappa shape index (κ2) is 19.9. The minimum Gasteiger partial charge on any atom is -0.384 e. The average Bonchev–Trinajstić information content (AvgIpc) is 3.85. The molecule has 0 atom stereocenters. The summed E-state index contributed by atoms with van der Waals surface area (Å²) in [5, 5.41) is 6.12. The minimum absolute atomic E-state index is 0.0200. The second-order valence-corrected chi connectivity index (χ2v) is 20.5. The van der Waals surface area contributed by atoms with Gasteiger partial charge < -0.3 is 29.5 Å². The summed E-state index contributed by atoms with van der Waals surface area (Å²) in [6.07, 6.45) is 0. The molecule has 6 aromatic carbocycles. The SMILES string of the molecule is CC1(C)CNc2cc(N3CCOCC3)ccc21.Cc1c(-c2ccccc2F)nc2ccccc2c1Cl.Cc1c(-c2ccccc2F)nc2ccccc2c1N1CC(C)(C)c2ccc(N3CCOCC3)cc21. The van der Waals surface area contributed by atoms with Crippen molar-refractivity contribution in [1.82, 2.24) is 9.97 Å². The molecule has 0 radical (unpaired) electrons. The Morgan fingerprint density at radius 1 is 0.563 bits per heavy atom. The van der Waals surface area contributed by atoms with Crippen molar-refractivity contribution >= 4 is 61.8 Å². The Hall–Kier alpha value is -6.59. The highest BCUT2D eigenvalue weighted by Crippen LogP contribution is 2.50. The number of para-hydroxylation sites is 2. The van der Waals surface area contributed by atoms with Gasteiger partial charge in [0.1, 0.15) is 11.6 Å². The van der Waals surface area contributed by atoms with Crippen molar-refractivity contribution in [2.45, 2.75) is 52.4 Å². The predicted molar refractivity (Wildman–Crippen MR) is 289 cm³/mol. The topological polar surface area (TPSA) is 66.0 Å².